The molecule has 1 aliphatic rings. The van der Waals surface area contributed by atoms with Gasteiger partial charge in [0, 0.05) is 33.4 Å². The zero-order chi connectivity index (χ0) is 13.3. The van der Waals surface area contributed by atoms with Crippen LogP contribution in [0.15, 0.2) is 15.9 Å². The molecule has 1 aromatic heterocycles. The monoisotopic (exact) mass is 331 g/mol. The lowest BCUT2D eigenvalue weighted by molar-refractivity contribution is 0.201. The highest BCUT2D eigenvalue weighted by Gasteiger charge is 2.33. The summed E-state index contributed by atoms with van der Waals surface area (Å²) in [7, 11) is 1.92. The molecule has 0 spiro atoms. The summed E-state index contributed by atoms with van der Waals surface area (Å²) in [6.45, 7) is 5.62. The van der Waals surface area contributed by atoms with Gasteiger partial charge in [0.2, 0.25) is 0 Å². The van der Waals surface area contributed by atoms with Gasteiger partial charge in [0.25, 0.3) is 0 Å². The number of rotatable bonds is 4. The molecule has 0 saturated carbocycles. The van der Waals surface area contributed by atoms with Crippen molar-refractivity contribution in [2.24, 2.45) is 0 Å². The maximum Gasteiger partial charge on any atom is 0.318 e. The summed E-state index contributed by atoms with van der Waals surface area (Å²) in [6, 6.07) is 2.21. The maximum atomic E-state index is 11.9. The van der Waals surface area contributed by atoms with Crippen molar-refractivity contribution < 1.29 is 4.79 Å². The average molecular weight is 332 g/mol. The van der Waals surface area contributed by atoms with Crippen LogP contribution in [-0.4, -0.2) is 36.6 Å². The molecule has 0 aliphatic carbocycles. The molecule has 0 radical (unpaired) electrons. The standard InChI is InChI=1S/C12H18BrN3OS/c1-12(2,14-3)7-16-5-9(15-11(16)17)10-4-8(13)6-18-10/h4,6,9,14H,5,7H2,1-3H3,(H,15,17). The van der Waals surface area contributed by atoms with Crippen molar-refractivity contribution in [2.45, 2.75) is 25.4 Å². The molecule has 2 N–H and O–H groups in total. The highest BCUT2D eigenvalue weighted by Crippen LogP contribution is 2.29. The predicted octanol–water partition coefficient (Wildman–Crippen LogP) is 2.57. The molecule has 18 heavy (non-hydrogen) atoms. The lowest BCUT2D eigenvalue weighted by Crippen LogP contribution is -2.48. The molecule has 1 aromatic rings. The molecule has 1 aliphatic heterocycles. The minimum atomic E-state index is -0.0672. The molecular weight excluding hydrogens is 314 g/mol. The van der Waals surface area contributed by atoms with Crippen LogP contribution in [0.4, 0.5) is 4.79 Å². The van der Waals surface area contributed by atoms with E-state index in [2.05, 4.69) is 46.5 Å². The summed E-state index contributed by atoms with van der Waals surface area (Å²) in [5, 5.41) is 8.29. The van der Waals surface area contributed by atoms with Crippen LogP contribution in [0.1, 0.15) is 24.8 Å². The number of hydrogen-bond donors (Lipinski definition) is 2. The summed E-state index contributed by atoms with van der Waals surface area (Å²) in [6.07, 6.45) is 0. The van der Waals surface area contributed by atoms with Gasteiger partial charge in [-0.1, -0.05) is 0 Å². The van der Waals surface area contributed by atoms with Gasteiger partial charge in [-0.15, -0.1) is 11.3 Å². The second-order valence-electron chi connectivity index (χ2n) is 5.18. The molecule has 4 nitrogen and oxygen atoms in total. The number of likely N-dealkylation sites (N-methyl/N-ethyl adjacent to an activating group) is 1. The smallest absolute Gasteiger partial charge is 0.318 e. The van der Waals surface area contributed by atoms with E-state index in [9.17, 15) is 4.79 Å². The van der Waals surface area contributed by atoms with E-state index in [1.54, 1.807) is 11.3 Å². The molecule has 0 bridgehead atoms. The maximum absolute atomic E-state index is 11.9. The van der Waals surface area contributed by atoms with Crippen LogP contribution in [0.5, 0.6) is 0 Å². The normalized spacial score (nSPS) is 20.3. The molecule has 0 aromatic carbocycles. The first-order chi connectivity index (χ1) is 8.41. The van der Waals surface area contributed by atoms with E-state index < -0.39 is 0 Å². The van der Waals surface area contributed by atoms with Crippen LogP contribution in [0, 0.1) is 0 Å². The van der Waals surface area contributed by atoms with Crippen molar-refractivity contribution in [2.75, 3.05) is 20.1 Å². The molecular formula is C12H18BrN3OS. The van der Waals surface area contributed by atoms with Crippen molar-refractivity contribution in [3.63, 3.8) is 0 Å². The van der Waals surface area contributed by atoms with Gasteiger partial charge in [0.05, 0.1) is 6.04 Å². The Labute approximate surface area is 120 Å². The van der Waals surface area contributed by atoms with Crippen LogP contribution in [-0.2, 0) is 0 Å². The lowest BCUT2D eigenvalue weighted by atomic mass is 10.1. The number of nitrogens with zero attached hydrogens (tertiary/aromatic N) is 1. The van der Waals surface area contributed by atoms with E-state index in [0.29, 0.717) is 6.54 Å². The van der Waals surface area contributed by atoms with Gasteiger partial charge in [-0.2, -0.15) is 0 Å². The molecule has 1 unspecified atom stereocenters. The van der Waals surface area contributed by atoms with Crippen molar-refractivity contribution in [3.05, 3.63) is 20.8 Å². The predicted molar refractivity (Wildman–Crippen MR) is 78.0 cm³/mol. The second-order valence-corrected chi connectivity index (χ2v) is 7.04. The molecule has 1 atom stereocenters. The zero-order valence-electron chi connectivity index (χ0n) is 10.8. The fourth-order valence-corrected chi connectivity index (χ4v) is 3.44. The van der Waals surface area contributed by atoms with E-state index in [-0.39, 0.29) is 17.6 Å². The minimum absolute atomic E-state index is 0.0212. The van der Waals surface area contributed by atoms with Gasteiger partial charge in [0.15, 0.2) is 0 Å². The highest BCUT2D eigenvalue weighted by atomic mass is 79.9. The quantitative estimate of drug-likeness (QED) is 0.890. The minimum Gasteiger partial charge on any atom is -0.329 e. The number of halogens is 1. The van der Waals surface area contributed by atoms with E-state index in [1.807, 2.05) is 17.3 Å². The molecule has 2 rings (SSSR count). The van der Waals surface area contributed by atoms with E-state index in [1.165, 1.54) is 4.88 Å². The highest BCUT2D eigenvalue weighted by molar-refractivity contribution is 9.10. The Kier molecular flexibility index (Phi) is 3.99. The Morgan fingerprint density at radius 1 is 1.67 bits per heavy atom. The van der Waals surface area contributed by atoms with Gasteiger partial charge in [0.1, 0.15) is 0 Å². The number of amides is 2. The fraction of sp³-hybridized carbons (Fsp3) is 0.583. The Balaban J connectivity index is 2.03. The fourth-order valence-electron chi connectivity index (χ4n) is 1.95. The number of hydrogen-bond acceptors (Lipinski definition) is 3. The second kappa shape index (κ2) is 5.19. The van der Waals surface area contributed by atoms with Crippen LogP contribution in [0.2, 0.25) is 0 Å². The Morgan fingerprint density at radius 2 is 2.39 bits per heavy atom. The SMILES string of the molecule is CNC(C)(C)CN1CC(c2cc(Br)cs2)NC1=O. The van der Waals surface area contributed by atoms with E-state index in [0.717, 1.165) is 11.0 Å². The van der Waals surface area contributed by atoms with Gasteiger partial charge >= 0.3 is 6.03 Å². The molecule has 1 fully saturated rings. The molecule has 1 saturated heterocycles. The van der Waals surface area contributed by atoms with Crippen molar-refractivity contribution in [1.29, 1.82) is 0 Å². The summed E-state index contributed by atoms with van der Waals surface area (Å²) in [5.41, 5.74) is -0.0672. The number of carbonyl (C=O) groups excluding carboxylic acids is 1. The third kappa shape index (κ3) is 3.05. The van der Waals surface area contributed by atoms with Crippen molar-refractivity contribution >= 4 is 33.3 Å². The van der Waals surface area contributed by atoms with Gasteiger partial charge < -0.3 is 15.5 Å². The van der Waals surface area contributed by atoms with Crippen molar-refractivity contribution in [1.82, 2.24) is 15.5 Å². The number of thiophene rings is 1. The first kappa shape index (κ1) is 13.8. The number of urea groups is 1. The molecule has 2 heterocycles. The summed E-state index contributed by atoms with van der Waals surface area (Å²) in [4.78, 5) is 15.0. The van der Waals surface area contributed by atoms with Gasteiger partial charge in [-0.05, 0) is 42.9 Å². The molecule has 2 amide bonds. The van der Waals surface area contributed by atoms with E-state index in [4.69, 9.17) is 0 Å². The largest absolute Gasteiger partial charge is 0.329 e. The zero-order valence-corrected chi connectivity index (χ0v) is 13.2. The Hall–Kier alpha value is -0.590. The van der Waals surface area contributed by atoms with Crippen LogP contribution < -0.4 is 10.6 Å². The topological polar surface area (TPSA) is 44.4 Å². The molecule has 100 valence electrons. The third-order valence-corrected chi connectivity index (χ3v) is 4.99. The van der Waals surface area contributed by atoms with E-state index >= 15 is 0 Å². The summed E-state index contributed by atoms with van der Waals surface area (Å²) in [5.74, 6) is 0. The molecule has 6 heteroatoms. The third-order valence-electron chi connectivity index (χ3n) is 3.18. The van der Waals surface area contributed by atoms with Gasteiger partial charge in [-0.3, -0.25) is 0 Å². The van der Waals surface area contributed by atoms with Crippen LogP contribution >= 0.6 is 27.3 Å². The van der Waals surface area contributed by atoms with Gasteiger partial charge in [-0.25, -0.2) is 4.79 Å². The number of carbonyl (C=O) groups is 1. The van der Waals surface area contributed by atoms with Crippen LogP contribution in [0.3, 0.4) is 0 Å². The van der Waals surface area contributed by atoms with Crippen LogP contribution in [0.25, 0.3) is 0 Å². The summed E-state index contributed by atoms with van der Waals surface area (Å²) >= 11 is 5.11. The Bertz CT molecular complexity index is 446. The average Bonchev–Trinajstić information content (AvgIpc) is 2.86. The van der Waals surface area contributed by atoms with Crippen molar-refractivity contribution in [3.8, 4) is 0 Å². The summed E-state index contributed by atoms with van der Waals surface area (Å²) < 4.78 is 1.07. The first-order valence-electron chi connectivity index (χ1n) is 5.89. The lowest BCUT2D eigenvalue weighted by Gasteiger charge is -2.29. The Morgan fingerprint density at radius 3 is 2.94 bits per heavy atom. The first-order valence-corrected chi connectivity index (χ1v) is 7.57. The number of nitrogens with one attached hydrogen (secondary N) is 2.